The summed E-state index contributed by atoms with van der Waals surface area (Å²) in [6.07, 6.45) is 1.25. The zero-order valence-electron chi connectivity index (χ0n) is 8.97. The number of hydrogen-bond acceptors (Lipinski definition) is 2. The van der Waals surface area contributed by atoms with Gasteiger partial charge < -0.3 is 10.2 Å². The molecule has 2 aliphatic heterocycles. The lowest BCUT2D eigenvalue weighted by molar-refractivity contribution is 0.200. The predicted molar refractivity (Wildman–Crippen MR) is 68.6 cm³/mol. The van der Waals surface area contributed by atoms with Gasteiger partial charge in [-0.25, -0.2) is 0 Å². The summed E-state index contributed by atoms with van der Waals surface area (Å²) in [4.78, 5) is 2.36. The number of halogens is 2. The van der Waals surface area contributed by atoms with Crippen molar-refractivity contribution in [2.75, 3.05) is 31.1 Å². The minimum Gasteiger partial charge on any atom is -0.370 e. The van der Waals surface area contributed by atoms with E-state index in [0.717, 1.165) is 31.9 Å². The second-order valence-corrected chi connectivity index (χ2v) is 5.63. The van der Waals surface area contributed by atoms with Gasteiger partial charge in [0, 0.05) is 31.6 Å². The van der Waals surface area contributed by atoms with E-state index in [9.17, 15) is 0 Å². The van der Waals surface area contributed by atoms with Crippen molar-refractivity contribution in [1.82, 2.24) is 5.32 Å². The Kier molecular flexibility index (Phi) is 2.54. The number of hydrogen-bond donors (Lipinski definition) is 1. The molecule has 4 heteroatoms. The molecule has 1 aromatic rings. The van der Waals surface area contributed by atoms with Crippen LogP contribution in [0, 0.1) is 5.41 Å². The van der Waals surface area contributed by atoms with Gasteiger partial charge in [-0.15, -0.1) is 0 Å². The van der Waals surface area contributed by atoms with E-state index in [4.69, 9.17) is 23.2 Å². The van der Waals surface area contributed by atoms with Crippen molar-refractivity contribution in [3.05, 3.63) is 28.2 Å². The average molecular weight is 257 g/mol. The van der Waals surface area contributed by atoms with E-state index in [0.29, 0.717) is 15.5 Å². The van der Waals surface area contributed by atoms with Crippen LogP contribution in [0.5, 0.6) is 0 Å². The molecular formula is C12H14Cl2N2. The van der Waals surface area contributed by atoms with Crippen molar-refractivity contribution < 1.29 is 0 Å². The highest BCUT2D eigenvalue weighted by Crippen LogP contribution is 2.40. The van der Waals surface area contributed by atoms with Crippen LogP contribution < -0.4 is 10.2 Å². The first-order valence-corrected chi connectivity index (χ1v) is 6.36. The molecule has 2 heterocycles. The standard InChI is InChI=1S/C12H14Cl2N2/c13-9-2-1-3-10(11(9)14)16-5-4-12(8-16)6-15-7-12/h1-3,15H,4-8H2. The first-order chi connectivity index (χ1) is 7.70. The third-order valence-electron chi connectivity index (χ3n) is 3.71. The van der Waals surface area contributed by atoms with Gasteiger partial charge in [-0.1, -0.05) is 29.3 Å². The zero-order valence-corrected chi connectivity index (χ0v) is 10.5. The second-order valence-electron chi connectivity index (χ2n) is 4.85. The lowest BCUT2D eigenvalue weighted by Gasteiger charge is -2.39. The normalized spacial score (nSPS) is 22.5. The minimum atomic E-state index is 0.492. The van der Waals surface area contributed by atoms with Gasteiger partial charge in [-0.3, -0.25) is 0 Å². The molecule has 0 saturated carbocycles. The Hall–Kier alpha value is -0.440. The summed E-state index contributed by atoms with van der Waals surface area (Å²) in [5.74, 6) is 0. The van der Waals surface area contributed by atoms with Gasteiger partial charge in [0.15, 0.2) is 0 Å². The highest BCUT2D eigenvalue weighted by molar-refractivity contribution is 6.43. The number of rotatable bonds is 1. The highest BCUT2D eigenvalue weighted by Gasteiger charge is 2.43. The maximum Gasteiger partial charge on any atom is 0.0825 e. The van der Waals surface area contributed by atoms with Crippen LogP contribution in [0.15, 0.2) is 18.2 Å². The molecule has 0 aromatic heterocycles. The van der Waals surface area contributed by atoms with E-state index in [1.54, 1.807) is 0 Å². The molecule has 1 aromatic carbocycles. The van der Waals surface area contributed by atoms with E-state index in [1.807, 2.05) is 12.1 Å². The van der Waals surface area contributed by atoms with Crippen LogP contribution in [-0.4, -0.2) is 26.2 Å². The number of anilines is 1. The van der Waals surface area contributed by atoms with Crippen LogP contribution in [-0.2, 0) is 0 Å². The second kappa shape index (κ2) is 3.80. The molecule has 2 nitrogen and oxygen atoms in total. The third kappa shape index (κ3) is 1.60. The van der Waals surface area contributed by atoms with E-state index in [-0.39, 0.29) is 0 Å². The Morgan fingerprint density at radius 2 is 2.06 bits per heavy atom. The van der Waals surface area contributed by atoms with Crippen molar-refractivity contribution in [1.29, 1.82) is 0 Å². The topological polar surface area (TPSA) is 15.3 Å². The third-order valence-corrected chi connectivity index (χ3v) is 4.52. The maximum absolute atomic E-state index is 6.24. The van der Waals surface area contributed by atoms with Crippen LogP contribution in [0.25, 0.3) is 0 Å². The fourth-order valence-corrected chi connectivity index (χ4v) is 3.06. The monoisotopic (exact) mass is 256 g/mol. The van der Waals surface area contributed by atoms with E-state index in [2.05, 4.69) is 16.3 Å². The van der Waals surface area contributed by atoms with Gasteiger partial charge in [0.1, 0.15) is 0 Å². The first-order valence-electron chi connectivity index (χ1n) is 5.60. The largest absolute Gasteiger partial charge is 0.370 e. The van der Waals surface area contributed by atoms with Crippen molar-refractivity contribution in [2.24, 2.45) is 5.41 Å². The first kappa shape index (κ1) is 10.7. The molecule has 1 spiro atoms. The molecule has 0 aliphatic carbocycles. The lowest BCUT2D eigenvalue weighted by Crippen LogP contribution is -2.54. The Labute approximate surface area is 106 Å². The number of nitrogens with zero attached hydrogens (tertiary/aromatic N) is 1. The van der Waals surface area contributed by atoms with Gasteiger partial charge in [0.25, 0.3) is 0 Å². The SMILES string of the molecule is Clc1cccc(N2CCC3(CNC3)C2)c1Cl. The molecule has 1 N–H and O–H groups in total. The van der Waals surface area contributed by atoms with Crippen molar-refractivity contribution >= 4 is 28.9 Å². The van der Waals surface area contributed by atoms with E-state index >= 15 is 0 Å². The number of benzene rings is 1. The smallest absolute Gasteiger partial charge is 0.0825 e. The van der Waals surface area contributed by atoms with Crippen LogP contribution in [0.4, 0.5) is 5.69 Å². The van der Waals surface area contributed by atoms with Crippen LogP contribution in [0.1, 0.15) is 6.42 Å². The molecule has 3 rings (SSSR count). The molecule has 86 valence electrons. The summed E-state index contributed by atoms with van der Waals surface area (Å²) in [5, 5.41) is 4.69. The fraction of sp³-hybridized carbons (Fsp3) is 0.500. The van der Waals surface area contributed by atoms with Crippen LogP contribution in [0.2, 0.25) is 10.0 Å². The molecule has 0 radical (unpaired) electrons. The zero-order chi connectivity index (χ0) is 11.2. The van der Waals surface area contributed by atoms with Crippen LogP contribution >= 0.6 is 23.2 Å². The molecule has 0 atom stereocenters. The lowest BCUT2D eigenvalue weighted by atomic mass is 9.81. The number of nitrogens with one attached hydrogen (secondary N) is 1. The Morgan fingerprint density at radius 1 is 1.25 bits per heavy atom. The van der Waals surface area contributed by atoms with Crippen molar-refractivity contribution in [3.8, 4) is 0 Å². The van der Waals surface area contributed by atoms with Gasteiger partial charge in [0.05, 0.1) is 15.7 Å². The summed E-state index contributed by atoms with van der Waals surface area (Å²) >= 11 is 12.3. The van der Waals surface area contributed by atoms with Crippen LogP contribution in [0.3, 0.4) is 0 Å². The van der Waals surface area contributed by atoms with Crippen molar-refractivity contribution in [3.63, 3.8) is 0 Å². The molecule has 16 heavy (non-hydrogen) atoms. The Morgan fingerprint density at radius 3 is 2.69 bits per heavy atom. The Balaban J connectivity index is 1.85. The van der Waals surface area contributed by atoms with Gasteiger partial charge in [0.2, 0.25) is 0 Å². The predicted octanol–water partition coefficient (Wildman–Crippen LogP) is 2.79. The molecule has 2 saturated heterocycles. The van der Waals surface area contributed by atoms with Gasteiger partial charge >= 0.3 is 0 Å². The average Bonchev–Trinajstić information content (AvgIpc) is 2.66. The molecule has 2 aliphatic rings. The minimum absolute atomic E-state index is 0.492. The fourth-order valence-electron chi connectivity index (χ4n) is 2.64. The summed E-state index contributed by atoms with van der Waals surface area (Å²) in [7, 11) is 0. The molecule has 0 amide bonds. The molecule has 0 bridgehead atoms. The molecule has 2 fully saturated rings. The summed E-state index contributed by atoms with van der Waals surface area (Å²) in [6, 6.07) is 5.86. The van der Waals surface area contributed by atoms with E-state index in [1.165, 1.54) is 6.42 Å². The van der Waals surface area contributed by atoms with Gasteiger partial charge in [-0.05, 0) is 18.6 Å². The summed E-state index contributed by atoms with van der Waals surface area (Å²) < 4.78 is 0. The summed E-state index contributed by atoms with van der Waals surface area (Å²) in [5.41, 5.74) is 1.57. The summed E-state index contributed by atoms with van der Waals surface area (Å²) in [6.45, 7) is 4.46. The van der Waals surface area contributed by atoms with Gasteiger partial charge in [-0.2, -0.15) is 0 Å². The van der Waals surface area contributed by atoms with Crippen molar-refractivity contribution in [2.45, 2.75) is 6.42 Å². The molecular weight excluding hydrogens is 243 g/mol. The maximum atomic E-state index is 6.24. The Bertz CT molecular complexity index is 415. The quantitative estimate of drug-likeness (QED) is 0.832. The van der Waals surface area contributed by atoms with E-state index < -0.39 is 0 Å². The highest BCUT2D eigenvalue weighted by atomic mass is 35.5. The molecule has 0 unspecified atom stereocenters.